The molecule has 0 fully saturated rings. The molecule has 27 heavy (non-hydrogen) atoms. The van der Waals surface area contributed by atoms with E-state index in [0.717, 1.165) is 28.8 Å². The molecule has 0 radical (unpaired) electrons. The van der Waals surface area contributed by atoms with Gasteiger partial charge in [-0.25, -0.2) is 0 Å². The molecule has 1 atom stereocenters. The van der Waals surface area contributed by atoms with Crippen LogP contribution in [0.25, 0.3) is 11.1 Å². The largest absolute Gasteiger partial charge is 0.345 e. The maximum Gasteiger partial charge on any atom is 0.251 e. The van der Waals surface area contributed by atoms with Crippen molar-refractivity contribution in [2.75, 3.05) is 0 Å². The van der Waals surface area contributed by atoms with Gasteiger partial charge in [0.05, 0.1) is 11.7 Å². The molecular weight excluding hydrogens is 336 g/mol. The van der Waals surface area contributed by atoms with Crippen LogP contribution in [0.1, 0.15) is 60.9 Å². The van der Waals surface area contributed by atoms with Gasteiger partial charge in [0, 0.05) is 35.8 Å². The first-order valence-corrected chi connectivity index (χ1v) is 9.36. The summed E-state index contributed by atoms with van der Waals surface area (Å²) < 4.78 is 1.95. The Hall–Kier alpha value is -2.95. The van der Waals surface area contributed by atoms with Gasteiger partial charge in [-0.05, 0) is 62.6 Å². The fourth-order valence-corrected chi connectivity index (χ4v) is 3.12. The minimum absolute atomic E-state index is 0.0328. The number of pyridine rings is 1. The van der Waals surface area contributed by atoms with E-state index < -0.39 is 0 Å². The minimum Gasteiger partial charge on any atom is -0.345 e. The molecule has 0 saturated heterocycles. The van der Waals surface area contributed by atoms with Crippen LogP contribution in [-0.2, 0) is 0 Å². The first-order chi connectivity index (χ1) is 13.0. The number of carbonyl (C=O) groups excluding carboxylic acids is 1. The number of rotatable bonds is 6. The van der Waals surface area contributed by atoms with Crippen LogP contribution in [0, 0.1) is 6.92 Å². The monoisotopic (exact) mass is 362 g/mol. The highest BCUT2D eigenvalue weighted by atomic mass is 16.1. The van der Waals surface area contributed by atoms with E-state index in [9.17, 15) is 4.79 Å². The van der Waals surface area contributed by atoms with E-state index >= 15 is 0 Å². The molecule has 3 aromatic rings. The molecule has 1 amide bonds. The topological polar surface area (TPSA) is 59.8 Å². The van der Waals surface area contributed by atoms with Crippen molar-refractivity contribution in [2.45, 2.75) is 46.2 Å². The van der Waals surface area contributed by atoms with E-state index in [1.165, 1.54) is 0 Å². The maximum absolute atomic E-state index is 12.8. The van der Waals surface area contributed by atoms with Gasteiger partial charge in [0.15, 0.2) is 0 Å². The second kappa shape index (κ2) is 8.16. The summed E-state index contributed by atoms with van der Waals surface area (Å²) in [5, 5.41) is 7.70. The summed E-state index contributed by atoms with van der Waals surface area (Å²) in [6, 6.07) is 11.9. The van der Waals surface area contributed by atoms with E-state index in [2.05, 4.69) is 36.2 Å². The second-order valence-electron chi connectivity index (χ2n) is 7.00. The first kappa shape index (κ1) is 18.8. The molecule has 0 saturated carbocycles. The zero-order chi connectivity index (χ0) is 19.4. The molecule has 1 N–H and O–H groups in total. The van der Waals surface area contributed by atoms with Crippen LogP contribution < -0.4 is 5.32 Å². The minimum atomic E-state index is -0.0746. The molecule has 0 bridgehead atoms. The molecule has 3 rings (SSSR count). The van der Waals surface area contributed by atoms with Crippen molar-refractivity contribution >= 4 is 5.91 Å². The van der Waals surface area contributed by atoms with Crippen LogP contribution in [0.5, 0.6) is 0 Å². The van der Waals surface area contributed by atoms with Crippen LogP contribution >= 0.6 is 0 Å². The molecule has 1 unspecified atom stereocenters. The average Bonchev–Trinajstić information content (AvgIpc) is 3.09. The van der Waals surface area contributed by atoms with Gasteiger partial charge in [-0.3, -0.25) is 14.5 Å². The van der Waals surface area contributed by atoms with Crippen molar-refractivity contribution in [3.8, 4) is 11.1 Å². The first-order valence-electron chi connectivity index (χ1n) is 9.36. The lowest BCUT2D eigenvalue weighted by Gasteiger charge is -2.17. The van der Waals surface area contributed by atoms with Crippen LogP contribution in [0.2, 0.25) is 0 Å². The van der Waals surface area contributed by atoms with E-state index in [1.54, 1.807) is 12.4 Å². The highest BCUT2D eigenvalue weighted by Gasteiger charge is 2.16. The summed E-state index contributed by atoms with van der Waals surface area (Å²) in [6.45, 7) is 8.26. The van der Waals surface area contributed by atoms with Gasteiger partial charge in [-0.1, -0.05) is 19.1 Å². The second-order valence-corrected chi connectivity index (χ2v) is 7.00. The lowest BCUT2D eigenvalue weighted by molar-refractivity contribution is 0.0935. The number of hydrogen-bond donors (Lipinski definition) is 1. The molecule has 0 aliphatic rings. The molecule has 2 aromatic heterocycles. The lowest BCUT2D eigenvalue weighted by atomic mass is 10.0. The van der Waals surface area contributed by atoms with Gasteiger partial charge in [0.1, 0.15) is 0 Å². The molecule has 2 heterocycles. The Morgan fingerprint density at radius 3 is 2.56 bits per heavy atom. The number of nitrogens with one attached hydrogen (secondary N) is 1. The van der Waals surface area contributed by atoms with Gasteiger partial charge in [-0.2, -0.15) is 5.10 Å². The number of hydrogen-bond acceptors (Lipinski definition) is 3. The predicted octanol–water partition coefficient (Wildman–Crippen LogP) is 4.72. The third-order valence-electron chi connectivity index (χ3n) is 4.70. The van der Waals surface area contributed by atoms with E-state index in [1.807, 2.05) is 54.2 Å². The van der Waals surface area contributed by atoms with Crippen molar-refractivity contribution in [1.82, 2.24) is 20.1 Å². The van der Waals surface area contributed by atoms with Gasteiger partial charge in [-0.15, -0.1) is 0 Å². The van der Waals surface area contributed by atoms with E-state index in [-0.39, 0.29) is 11.9 Å². The van der Waals surface area contributed by atoms with Gasteiger partial charge >= 0.3 is 0 Å². The number of carbonyl (C=O) groups is 1. The lowest BCUT2D eigenvalue weighted by Crippen LogP contribution is -2.28. The van der Waals surface area contributed by atoms with Crippen molar-refractivity contribution in [1.29, 1.82) is 0 Å². The normalized spacial score (nSPS) is 12.2. The highest BCUT2D eigenvalue weighted by Crippen LogP contribution is 2.25. The Kier molecular flexibility index (Phi) is 5.69. The summed E-state index contributed by atoms with van der Waals surface area (Å²) in [6.07, 6.45) is 6.36. The average molecular weight is 362 g/mol. The zero-order valence-corrected chi connectivity index (χ0v) is 16.3. The van der Waals surface area contributed by atoms with Gasteiger partial charge < -0.3 is 5.32 Å². The molecule has 5 nitrogen and oxygen atoms in total. The van der Waals surface area contributed by atoms with Gasteiger partial charge in [0.25, 0.3) is 5.91 Å². The molecule has 0 spiro atoms. The Morgan fingerprint density at radius 1 is 1.19 bits per heavy atom. The van der Waals surface area contributed by atoms with Crippen LogP contribution in [0.15, 0.2) is 55.0 Å². The molecule has 140 valence electrons. The van der Waals surface area contributed by atoms with Crippen LogP contribution in [0.4, 0.5) is 0 Å². The molecule has 0 aliphatic carbocycles. The highest BCUT2D eigenvalue weighted by molar-refractivity contribution is 5.95. The number of amides is 1. The summed E-state index contributed by atoms with van der Waals surface area (Å²) in [7, 11) is 0. The number of aromatic nitrogens is 3. The third-order valence-corrected chi connectivity index (χ3v) is 4.70. The van der Waals surface area contributed by atoms with Crippen LogP contribution in [0.3, 0.4) is 0 Å². The Morgan fingerprint density at radius 2 is 1.93 bits per heavy atom. The number of nitrogens with zero attached hydrogens (tertiary/aromatic N) is 3. The fraction of sp³-hybridized carbons (Fsp3) is 0.318. The fourth-order valence-electron chi connectivity index (χ4n) is 3.12. The summed E-state index contributed by atoms with van der Waals surface area (Å²) in [4.78, 5) is 16.9. The molecular formula is C22H26N4O. The van der Waals surface area contributed by atoms with Crippen molar-refractivity contribution in [3.05, 3.63) is 71.8 Å². The summed E-state index contributed by atoms with van der Waals surface area (Å²) in [5.74, 6) is -0.0746. The smallest absolute Gasteiger partial charge is 0.251 e. The Labute approximate surface area is 160 Å². The maximum atomic E-state index is 12.8. The molecule has 0 aliphatic heterocycles. The Bertz CT molecular complexity index is 915. The zero-order valence-electron chi connectivity index (χ0n) is 16.3. The number of aryl methyl sites for hydroxylation is 1. The van der Waals surface area contributed by atoms with Crippen molar-refractivity contribution in [2.24, 2.45) is 0 Å². The Balaban J connectivity index is 1.84. The standard InChI is InChI=1S/C22H26N4O/c1-5-21(17-9-11-23-12-10-17)24-22(27)19-8-6-7-18(13-19)20-14-26(15(2)3)25-16(20)4/h6-15,21H,5H2,1-4H3,(H,24,27). The van der Waals surface area contributed by atoms with E-state index in [4.69, 9.17) is 0 Å². The summed E-state index contributed by atoms with van der Waals surface area (Å²) >= 11 is 0. The summed E-state index contributed by atoms with van der Waals surface area (Å²) in [5.41, 5.74) is 4.73. The van der Waals surface area contributed by atoms with E-state index in [0.29, 0.717) is 11.6 Å². The number of benzene rings is 1. The van der Waals surface area contributed by atoms with Crippen molar-refractivity contribution < 1.29 is 4.79 Å². The van der Waals surface area contributed by atoms with Crippen molar-refractivity contribution in [3.63, 3.8) is 0 Å². The molecule has 1 aromatic carbocycles. The molecule has 5 heteroatoms. The predicted molar refractivity (Wildman–Crippen MR) is 108 cm³/mol. The third kappa shape index (κ3) is 4.25. The van der Waals surface area contributed by atoms with Gasteiger partial charge in [0.2, 0.25) is 0 Å². The quantitative estimate of drug-likeness (QED) is 0.690. The van der Waals surface area contributed by atoms with Crippen LogP contribution in [-0.4, -0.2) is 20.7 Å². The SMILES string of the molecule is CCC(NC(=O)c1cccc(-c2cn(C(C)C)nc2C)c1)c1ccncc1.